The lowest BCUT2D eigenvalue weighted by Crippen LogP contribution is -2.01. The fourth-order valence-electron chi connectivity index (χ4n) is 8.78. The first-order chi connectivity index (χ1) is 27.8. The average molecular weight is 718 g/mol. The molecule has 12 rings (SSSR count). The first-order valence-corrected chi connectivity index (χ1v) is 18.8. The lowest BCUT2D eigenvalue weighted by molar-refractivity contribution is 0.669. The molecule has 0 spiro atoms. The number of hydrogen-bond acceptors (Lipinski definition) is 3. The SMILES string of the molecule is c1ccc(-c2nnn(-c3ccc4c5ccccc5n(-c5cccc(-n6c7ccccc7c7ccc8oc9ccccc9c8c76)c5)c4c3)c2-c2ccccc2)cc1. The molecule has 0 amide bonds. The molecule has 0 aliphatic rings. The second-order valence-electron chi connectivity index (χ2n) is 14.3. The summed E-state index contributed by atoms with van der Waals surface area (Å²) in [4.78, 5) is 0. The Hall–Kier alpha value is -7.70. The van der Waals surface area contributed by atoms with E-state index in [1.165, 1.54) is 21.5 Å². The van der Waals surface area contributed by atoms with Crippen molar-refractivity contribution in [3.63, 3.8) is 0 Å². The molecule has 0 atom stereocenters. The molecule has 4 heterocycles. The van der Waals surface area contributed by atoms with Crippen LogP contribution in [0.25, 0.3) is 105 Å². The minimum atomic E-state index is 0.843. The van der Waals surface area contributed by atoms with Gasteiger partial charge in [-0.05, 0) is 60.7 Å². The second-order valence-corrected chi connectivity index (χ2v) is 14.3. The summed E-state index contributed by atoms with van der Waals surface area (Å²) >= 11 is 0. The molecule has 12 aromatic rings. The van der Waals surface area contributed by atoms with Crippen LogP contribution < -0.4 is 0 Å². The standard InChI is InChI=1S/C50H31N5O/c1-3-14-32(15-4-1)48-49(33-16-5-2-6-17-33)55(52-51-48)36-26-27-39-37-20-7-10-23-42(37)53(44(39)31-36)34-18-13-19-35(30-34)54-43-24-11-8-21-38(43)40-28-29-46-47(50(40)54)41-22-9-12-25-45(41)56-46/h1-31H. The highest BCUT2D eigenvalue weighted by atomic mass is 16.3. The van der Waals surface area contributed by atoms with Crippen LogP contribution in [0.15, 0.2) is 192 Å². The summed E-state index contributed by atoms with van der Waals surface area (Å²) in [5.74, 6) is 0. The molecule has 0 aliphatic carbocycles. The molecular formula is C50H31N5O. The first-order valence-electron chi connectivity index (χ1n) is 18.8. The smallest absolute Gasteiger partial charge is 0.137 e. The fraction of sp³-hybridized carbons (Fsp3) is 0. The van der Waals surface area contributed by atoms with E-state index in [1.54, 1.807) is 0 Å². The average Bonchev–Trinajstić information content (AvgIpc) is 4.03. The third kappa shape index (κ3) is 4.44. The van der Waals surface area contributed by atoms with E-state index in [4.69, 9.17) is 14.7 Å². The molecule has 0 bridgehead atoms. The topological polar surface area (TPSA) is 53.7 Å². The van der Waals surface area contributed by atoms with Gasteiger partial charge in [-0.3, -0.25) is 0 Å². The quantitative estimate of drug-likeness (QED) is 0.178. The van der Waals surface area contributed by atoms with E-state index in [1.807, 2.05) is 35.0 Å². The largest absolute Gasteiger partial charge is 0.456 e. The van der Waals surface area contributed by atoms with Crippen LogP contribution in [0.2, 0.25) is 0 Å². The lowest BCUT2D eigenvalue weighted by Gasteiger charge is -2.14. The molecule has 0 fully saturated rings. The Bertz CT molecular complexity index is 3480. The van der Waals surface area contributed by atoms with Crippen LogP contribution >= 0.6 is 0 Å². The summed E-state index contributed by atoms with van der Waals surface area (Å²) in [6.07, 6.45) is 0. The lowest BCUT2D eigenvalue weighted by atomic mass is 10.0. The Morgan fingerprint density at radius 3 is 1.79 bits per heavy atom. The Morgan fingerprint density at radius 1 is 0.393 bits per heavy atom. The number of nitrogens with zero attached hydrogens (tertiary/aromatic N) is 5. The van der Waals surface area contributed by atoms with Crippen molar-refractivity contribution in [1.82, 2.24) is 24.1 Å². The minimum Gasteiger partial charge on any atom is -0.456 e. The third-order valence-corrected chi connectivity index (χ3v) is 11.2. The number of benzene rings is 8. The van der Waals surface area contributed by atoms with E-state index in [2.05, 4.69) is 167 Å². The molecule has 262 valence electrons. The summed E-state index contributed by atoms with van der Waals surface area (Å²) in [5.41, 5.74) is 13.2. The Kier molecular flexibility index (Phi) is 6.53. The van der Waals surface area contributed by atoms with Crippen LogP contribution in [0, 0.1) is 0 Å². The summed E-state index contributed by atoms with van der Waals surface area (Å²) in [6.45, 7) is 0. The van der Waals surface area contributed by atoms with Crippen LogP contribution in [-0.4, -0.2) is 24.1 Å². The minimum absolute atomic E-state index is 0.843. The van der Waals surface area contributed by atoms with Crippen LogP contribution in [0.5, 0.6) is 0 Å². The maximum Gasteiger partial charge on any atom is 0.137 e. The van der Waals surface area contributed by atoms with E-state index < -0.39 is 0 Å². The number of para-hydroxylation sites is 3. The molecule has 0 unspecified atom stereocenters. The molecule has 0 saturated carbocycles. The summed E-state index contributed by atoms with van der Waals surface area (Å²) < 4.78 is 13.2. The van der Waals surface area contributed by atoms with Gasteiger partial charge >= 0.3 is 0 Å². The third-order valence-electron chi connectivity index (χ3n) is 11.2. The van der Waals surface area contributed by atoms with Gasteiger partial charge in [0.2, 0.25) is 0 Å². The van der Waals surface area contributed by atoms with Crippen LogP contribution in [0.3, 0.4) is 0 Å². The molecule has 0 N–H and O–H groups in total. The van der Waals surface area contributed by atoms with Gasteiger partial charge < -0.3 is 13.6 Å². The highest BCUT2D eigenvalue weighted by Gasteiger charge is 2.22. The van der Waals surface area contributed by atoms with E-state index >= 15 is 0 Å². The van der Waals surface area contributed by atoms with E-state index in [0.717, 1.165) is 83.6 Å². The highest BCUT2D eigenvalue weighted by Crippen LogP contribution is 2.42. The molecule has 0 aliphatic heterocycles. The Labute approximate surface area is 320 Å². The van der Waals surface area contributed by atoms with Crippen LogP contribution in [0.1, 0.15) is 0 Å². The summed E-state index contributed by atoms with van der Waals surface area (Å²) in [7, 11) is 0. The normalized spacial score (nSPS) is 11.9. The Balaban J connectivity index is 1.11. The molecule has 4 aromatic heterocycles. The summed E-state index contributed by atoms with van der Waals surface area (Å²) in [6, 6.07) is 66.2. The predicted molar refractivity (Wildman–Crippen MR) is 228 cm³/mol. The predicted octanol–water partition coefficient (Wildman–Crippen LogP) is 12.7. The van der Waals surface area contributed by atoms with Crippen molar-refractivity contribution in [2.24, 2.45) is 0 Å². The molecule has 0 radical (unpaired) electrons. The van der Waals surface area contributed by atoms with Gasteiger partial charge in [0.05, 0.1) is 33.1 Å². The number of aromatic nitrogens is 5. The van der Waals surface area contributed by atoms with Gasteiger partial charge in [0.25, 0.3) is 0 Å². The fourth-order valence-corrected chi connectivity index (χ4v) is 8.78. The first kappa shape index (κ1) is 30.7. The van der Waals surface area contributed by atoms with Crippen LogP contribution in [-0.2, 0) is 0 Å². The maximum atomic E-state index is 6.41. The number of furan rings is 1. The van der Waals surface area contributed by atoms with Gasteiger partial charge in [-0.2, -0.15) is 0 Å². The molecule has 0 saturated heterocycles. The van der Waals surface area contributed by atoms with Gasteiger partial charge in [-0.15, -0.1) is 5.10 Å². The van der Waals surface area contributed by atoms with Crippen molar-refractivity contribution in [2.45, 2.75) is 0 Å². The van der Waals surface area contributed by atoms with Crippen molar-refractivity contribution in [3.8, 4) is 39.6 Å². The van der Waals surface area contributed by atoms with Crippen molar-refractivity contribution >= 4 is 65.6 Å². The molecule has 8 aromatic carbocycles. The zero-order chi connectivity index (χ0) is 36.7. The molecular weight excluding hydrogens is 687 g/mol. The van der Waals surface area contributed by atoms with Crippen molar-refractivity contribution in [2.75, 3.05) is 0 Å². The maximum absolute atomic E-state index is 6.41. The number of hydrogen-bond donors (Lipinski definition) is 0. The van der Waals surface area contributed by atoms with E-state index in [9.17, 15) is 0 Å². The van der Waals surface area contributed by atoms with Gasteiger partial charge in [-0.25, -0.2) is 4.68 Å². The van der Waals surface area contributed by atoms with Crippen molar-refractivity contribution in [3.05, 3.63) is 188 Å². The zero-order valence-electron chi connectivity index (χ0n) is 30.0. The zero-order valence-corrected chi connectivity index (χ0v) is 30.0. The molecule has 6 heteroatoms. The van der Waals surface area contributed by atoms with Gasteiger partial charge in [0, 0.05) is 49.4 Å². The van der Waals surface area contributed by atoms with Gasteiger partial charge in [0.15, 0.2) is 0 Å². The molecule has 56 heavy (non-hydrogen) atoms. The van der Waals surface area contributed by atoms with Crippen molar-refractivity contribution in [1.29, 1.82) is 0 Å². The Morgan fingerprint density at radius 2 is 1.00 bits per heavy atom. The molecule has 6 nitrogen and oxygen atoms in total. The highest BCUT2D eigenvalue weighted by molar-refractivity contribution is 6.24. The van der Waals surface area contributed by atoms with Gasteiger partial charge in [-0.1, -0.05) is 133 Å². The van der Waals surface area contributed by atoms with Crippen LogP contribution in [0.4, 0.5) is 0 Å². The monoisotopic (exact) mass is 717 g/mol. The summed E-state index contributed by atoms with van der Waals surface area (Å²) in [5, 5.41) is 16.6. The van der Waals surface area contributed by atoms with Gasteiger partial charge in [0.1, 0.15) is 22.6 Å². The number of rotatable bonds is 5. The van der Waals surface area contributed by atoms with Crippen molar-refractivity contribution < 1.29 is 4.42 Å². The van der Waals surface area contributed by atoms with E-state index in [0.29, 0.717) is 0 Å². The second kappa shape index (κ2) is 11.9. The number of fused-ring (bicyclic) bond motifs is 10. The van der Waals surface area contributed by atoms with E-state index in [-0.39, 0.29) is 0 Å².